The van der Waals surface area contributed by atoms with E-state index in [0.29, 0.717) is 12.2 Å². The summed E-state index contributed by atoms with van der Waals surface area (Å²) in [6.45, 7) is 0.424. The van der Waals surface area contributed by atoms with Crippen LogP contribution in [-0.4, -0.2) is 10.9 Å². The molecule has 0 aliphatic carbocycles. The first kappa shape index (κ1) is 17.9. The smallest absolute Gasteiger partial charge is 0.255 e. The fraction of sp³-hybridized carbons (Fsp3) is 0.0476. The SMILES string of the molecule is O=C(Nc1ccc(OCc2nc3ccccc3s2)cc1)c1cccc(I)c1. The molecule has 0 bridgehead atoms. The van der Waals surface area contributed by atoms with E-state index in [2.05, 4.69) is 39.0 Å². The van der Waals surface area contributed by atoms with Gasteiger partial charge < -0.3 is 10.1 Å². The summed E-state index contributed by atoms with van der Waals surface area (Å²) >= 11 is 3.82. The van der Waals surface area contributed by atoms with Crippen molar-refractivity contribution in [3.63, 3.8) is 0 Å². The van der Waals surface area contributed by atoms with Gasteiger partial charge in [-0.05, 0) is 77.2 Å². The third-order valence-electron chi connectivity index (χ3n) is 3.90. The minimum absolute atomic E-state index is 0.128. The Morgan fingerprint density at radius 2 is 1.85 bits per heavy atom. The zero-order chi connectivity index (χ0) is 18.6. The van der Waals surface area contributed by atoms with E-state index >= 15 is 0 Å². The number of rotatable bonds is 5. The second kappa shape index (κ2) is 8.06. The Hall–Kier alpha value is -2.45. The maximum Gasteiger partial charge on any atom is 0.255 e. The van der Waals surface area contributed by atoms with Gasteiger partial charge in [0.25, 0.3) is 5.91 Å². The average molecular weight is 486 g/mol. The fourth-order valence-electron chi connectivity index (χ4n) is 2.59. The lowest BCUT2D eigenvalue weighted by molar-refractivity contribution is 0.102. The lowest BCUT2D eigenvalue weighted by atomic mass is 10.2. The molecule has 4 rings (SSSR count). The van der Waals surface area contributed by atoms with Crippen LogP contribution in [-0.2, 0) is 6.61 Å². The molecule has 1 N–H and O–H groups in total. The number of nitrogens with zero attached hydrogens (tertiary/aromatic N) is 1. The number of aromatic nitrogens is 1. The normalized spacial score (nSPS) is 10.7. The van der Waals surface area contributed by atoms with Crippen LogP contribution in [0.2, 0.25) is 0 Å². The van der Waals surface area contributed by atoms with E-state index in [1.54, 1.807) is 17.4 Å². The summed E-state index contributed by atoms with van der Waals surface area (Å²) in [5, 5.41) is 3.83. The van der Waals surface area contributed by atoms with E-state index in [-0.39, 0.29) is 5.91 Å². The first-order chi connectivity index (χ1) is 13.2. The maximum absolute atomic E-state index is 12.3. The van der Waals surface area contributed by atoms with E-state index in [9.17, 15) is 4.79 Å². The van der Waals surface area contributed by atoms with Crippen LogP contribution in [0.15, 0.2) is 72.8 Å². The molecule has 0 saturated carbocycles. The molecule has 0 unspecified atom stereocenters. The average Bonchev–Trinajstić information content (AvgIpc) is 3.10. The van der Waals surface area contributed by atoms with Crippen LogP contribution in [0.5, 0.6) is 5.75 Å². The van der Waals surface area contributed by atoms with E-state index < -0.39 is 0 Å². The highest BCUT2D eigenvalue weighted by molar-refractivity contribution is 14.1. The van der Waals surface area contributed by atoms with Gasteiger partial charge in [0.05, 0.1) is 10.2 Å². The Balaban J connectivity index is 1.37. The first-order valence-electron chi connectivity index (χ1n) is 8.32. The Labute approximate surface area is 174 Å². The number of amides is 1. The van der Waals surface area contributed by atoms with Crippen LogP contribution in [0.1, 0.15) is 15.4 Å². The summed E-state index contributed by atoms with van der Waals surface area (Å²) in [5.41, 5.74) is 2.36. The van der Waals surface area contributed by atoms with Crippen molar-refractivity contribution in [2.45, 2.75) is 6.61 Å². The van der Waals surface area contributed by atoms with Gasteiger partial charge in [0, 0.05) is 14.8 Å². The van der Waals surface area contributed by atoms with Crippen LogP contribution in [0.3, 0.4) is 0 Å². The predicted molar refractivity (Wildman–Crippen MR) is 118 cm³/mol. The molecule has 1 aromatic heterocycles. The van der Waals surface area contributed by atoms with E-state index in [0.717, 1.165) is 30.2 Å². The van der Waals surface area contributed by atoms with Gasteiger partial charge >= 0.3 is 0 Å². The topological polar surface area (TPSA) is 51.2 Å². The summed E-state index contributed by atoms with van der Waals surface area (Å²) in [6.07, 6.45) is 0. The molecule has 0 fully saturated rings. The van der Waals surface area contributed by atoms with Crippen molar-refractivity contribution in [3.8, 4) is 5.75 Å². The number of nitrogens with one attached hydrogen (secondary N) is 1. The van der Waals surface area contributed by atoms with E-state index in [4.69, 9.17) is 4.74 Å². The maximum atomic E-state index is 12.3. The molecule has 0 saturated heterocycles. The van der Waals surface area contributed by atoms with E-state index in [1.807, 2.05) is 60.7 Å². The third-order valence-corrected chi connectivity index (χ3v) is 5.58. The molecule has 0 aliphatic rings. The number of ether oxygens (including phenoxy) is 1. The highest BCUT2D eigenvalue weighted by atomic mass is 127. The number of halogens is 1. The first-order valence-corrected chi connectivity index (χ1v) is 10.2. The highest BCUT2D eigenvalue weighted by Gasteiger charge is 2.07. The number of fused-ring (bicyclic) bond motifs is 1. The molecular formula is C21H15IN2O2S. The lowest BCUT2D eigenvalue weighted by Gasteiger charge is -2.08. The van der Waals surface area contributed by atoms with Gasteiger partial charge in [0.2, 0.25) is 0 Å². The molecule has 4 nitrogen and oxygen atoms in total. The number of carbonyl (C=O) groups excluding carboxylic acids is 1. The van der Waals surface area contributed by atoms with Crippen molar-refractivity contribution in [1.82, 2.24) is 4.98 Å². The number of benzene rings is 3. The molecule has 1 heterocycles. The molecule has 4 aromatic rings. The van der Waals surface area contributed by atoms with Gasteiger partial charge in [-0.15, -0.1) is 11.3 Å². The molecule has 3 aromatic carbocycles. The third kappa shape index (κ3) is 4.45. The minimum Gasteiger partial charge on any atom is -0.486 e. The van der Waals surface area contributed by atoms with Crippen LogP contribution in [0, 0.1) is 3.57 Å². The molecule has 1 amide bonds. The Morgan fingerprint density at radius 1 is 1.04 bits per heavy atom. The van der Waals surface area contributed by atoms with Gasteiger partial charge in [-0.25, -0.2) is 4.98 Å². The van der Waals surface area contributed by atoms with Gasteiger partial charge in [-0.1, -0.05) is 18.2 Å². The summed E-state index contributed by atoms with van der Waals surface area (Å²) in [7, 11) is 0. The van der Waals surface area contributed by atoms with E-state index in [1.165, 1.54) is 0 Å². The quantitative estimate of drug-likeness (QED) is 0.367. The predicted octanol–water partition coefficient (Wildman–Crippen LogP) is 5.73. The number of thiazole rings is 1. The highest BCUT2D eigenvalue weighted by Crippen LogP contribution is 2.23. The van der Waals surface area contributed by atoms with Crippen molar-refractivity contribution >= 4 is 55.7 Å². The van der Waals surface area contributed by atoms with Crippen LogP contribution in [0.25, 0.3) is 10.2 Å². The largest absolute Gasteiger partial charge is 0.486 e. The monoisotopic (exact) mass is 486 g/mol. The molecule has 6 heteroatoms. The van der Waals surface area contributed by atoms with Gasteiger partial charge in [-0.2, -0.15) is 0 Å². The summed E-state index contributed by atoms with van der Waals surface area (Å²) < 4.78 is 8.00. The van der Waals surface area contributed by atoms with Crippen molar-refractivity contribution in [3.05, 3.63) is 86.9 Å². The van der Waals surface area contributed by atoms with Crippen LogP contribution < -0.4 is 10.1 Å². The molecule has 0 atom stereocenters. The van der Waals surface area contributed by atoms with Gasteiger partial charge in [0.15, 0.2) is 0 Å². The summed E-state index contributed by atoms with van der Waals surface area (Å²) in [5.74, 6) is 0.609. The van der Waals surface area contributed by atoms with Crippen molar-refractivity contribution in [2.24, 2.45) is 0 Å². The standard InChI is InChI=1S/C21H15IN2O2S/c22-15-5-3-4-14(12-15)21(25)23-16-8-10-17(11-9-16)26-13-20-24-18-6-1-2-7-19(18)27-20/h1-12H,13H2,(H,23,25). The Bertz CT molecular complexity index is 1060. The summed E-state index contributed by atoms with van der Waals surface area (Å²) in [4.78, 5) is 16.9. The van der Waals surface area contributed by atoms with Crippen LogP contribution >= 0.6 is 33.9 Å². The number of hydrogen-bond donors (Lipinski definition) is 1. The van der Waals surface area contributed by atoms with Crippen molar-refractivity contribution < 1.29 is 9.53 Å². The molecule has 134 valence electrons. The molecular weight excluding hydrogens is 471 g/mol. The second-order valence-electron chi connectivity index (χ2n) is 5.85. The number of hydrogen-bond acceptors (Lipinski definition) is 4. The van der Waals surface area contributed by atoms with Crippen molar-refractivity contribution in [1.29, 1.82) is 0 Å². The zero-order valence-electron chi connectivity index (χ0n) is 14.2. The fourth-order valence-corrected chi connectivity index (χ4v) is 4.02. The minimum atomic E-state index is -0.128. The molecule has 0 radical (unpaired) electrons. The van der Waals surface area contributed by atoms with Crippen LogP contribution in [0.4, 0.5) is 5.69 Å². The van der Waals surface area contributed by atoms with Gasteiger partial charge in [-0.3, -0.25) is 4.79 Å². The summed E-state index contributed by atoms with van der Waals surface area (Å²) in [6, 6.07) is 22.9. The zero-order valence-corrected chi connectivity index (χ0v) is 17.2. The van der Waals surface area contributed by atoms with Gasteiger partial charge in [0.1, 0.15) is 17.4 Å². The molecule has 27 heavy (non-hydrogen) atoms. The van der Waals surface area contributed by atoms with Crippen molar-refractivity contribution in [2.75, 3.05) is 5.32 Å². The Morgan fingerprint density at radius 3 is 2.63 bits per heavy atom. The molecule has 0 aliphatic heterocycles. The number of para-hydroxylation sites is 1. The Kier molecular flexibility index (Phi) is 5.35. The molecule has 0 spiro atoms. The second-order valence-corrected chi connectivity index (χ2v) is 8.21. The lowest BCUT2D eigenvalue weighted by Crippen LogP contribution is -2.11. The number of carbonyl (C=O) groups is 1. The number of anilines is 1.